The Bertz CT molecular complexity index is 657. The van der Waals surface area contributed by atoms with Gasteiger partial charge in [-0.15, -0.1) is 11.8 Å². The third-order valence-electron chi connectivity index (χ3n) is 4.85. The van der Waals surface area contributed by atoms with Gasteiger partial charge in [0, 0.05) is 55.5 Å². The quantitative estimate of drug-likeness (QED) is 0.796. The first-order valence-electron chi connectivity index (χ1n) is 8.35. The molecule has 1 radical (unpaired) electrons. The molecule has 4 heteroatoms. The lowest BCUT2D eigenvalue weighted by Gasteiger charge is -2.40. The summed E-state index contributed by atoms with van der Waals surface area (Å²) in [4.78, 5) is 9.02. The van der Waals surface area contributed by atoms with E-state index in [1.54, 1.807) is 0 Å². The van der Waals surface area contributed by atoms with Crippen molar-refractivity contribution in [2.45, 2.75) is 39.2 Å². The van der Waals surface area contributed by atoms with E-state index in [2.05, 4.69) is 47.1 Å². The molecule has 0 saturated carbocycles. The van der Waals surface area contributed by atoms with E-state index in [-0.39, 0.29) is 12.0 Å². The first-order valence-corrected chi connectivity index (χ1v) is 8.35. The molecular weight excluding hydrogens is 284 g/mol. The molecule has 3 rings (SSSR count). The molecule has 121 valence electrons. The first-order chi connectivity index (χ1) is 11.1. The van der Waals surface area contributed by atoms with Gasteiger partial charge in [-0.1, -0.05) is 12.2 Å². The molecule has 0 aromatic rings. The maximum atomic E-state index is 6.22. The highest BCUT2D eigenvalue weighted by Crippen LogP contribution is 2.37. The van der Waals surface area contributed by atoms with Crippen LogP contribution in [-0.2, 0) is 0 Å². The summed E-state index contributed by atoms with van der Waals surface area (Å²) in [5.41, 5.74) is 10.9. The predicted molar refractivity (Wildman–Crippen MR) is 94.4 cm³/mol. The number of piperidine rings is 1. The second-order valence-corrected chi connectivity index (χ2v) is 6.45. The molecule has 1 aliphatic carbocycles. The van der Waals surface area contributed by atoms with E-state index in [4.69, 9.17) is 5.73 Å². The lowest BCUT2D eigenvalue weighted by Crippen LogP contribution is -2.44. The zero-order valence-corrected chi connectivity index (χ0v) is 14.3. The fraction of sp³-hybridized carbons (Fsp3) is 0.526. The zero-order chi connectivity index (χ0) is 16.4. The van der Waals surface area contributed by atoms with Crippen molar-refractivity contribution in [3.63, 3.8) is 0 Å². The maximum Gasteiger partial charge on any atom is 0.176 e. The van der Waals surface area contributed by atoms with Gasteiger partial charge in [0.25, 0.3) is 0 Å². The van der Waals surface area contributed by atoms with Gasteiger partial charge in [0.1, 0.15) is 0 Å². The number of fused-ring (bicyclic) bond motifs is 1. The smallest absolute Gasteiger partial charge is 0.176 e. The highest BCUT2D eigenvalue weighted by Gasteiger charge is 2.31. The molecule has 0 amide bonds. The molecule has 2 heterocycles. The Morgan fingerprint density at radius 2 is 2.30 bits per heavy atom. The molecule has 4 nitrogen and oxygen atoms in total. The van der Waals surface area contributed by atoms with Gasteiger partial charge >= 0.3 is 0 Å². The van der Waals surface area contributed by atoms with Crippen LogP contribution in [0.15, 0.2) is 39.8 Å². The van der Waals surface area contributed by atoms with E-state index in [0.29, 0.717) is 0 Å². The summed E-state index contributed by atoms with van der Waals surface area (Å²) in [6.45, 7) is 5.97. The average molecular weight is 309 g/mol. The Hall–Kier alpha value is -1.99. The third-order valence-corrected chi connectivity index (χ3v) is 4.85. The van der Waals surface area contributed by atoms with E-state index < -0.39 is 0 Å². The predicted octanol–water partition coefficient (Wildman–Crippen LogP) is 2.35. The lowest BCUT2D eigenvalue weighted by atomic mass is 9.87. The van der Waals surface area contributed by atoms with E-state index >= 15 is 0 Å². The van der Waals surface area contributed by atoms with Crippen LogP contribution in [0.1, 0.15) is 33.1 Å². The van der Waals surface area contributed by atoms with Gasteiger partial charge in [0.2, 0.25) is 0 Å². The molecule has 0 bridgehead atoms. The van der Waals surface area contributed by atoms with Crippen LogP contribution in [0.3, 0.4) is 0 Å². The maximum absolute atomic E-state index is 6.22. The standard InChI is InChI=1S/C19H25N4/c1-4-5-7-15-9-10-17-14(2)22(3)13-21-18(17)19(15)23-11-6-8-16(20)12-23/h9-10,15-16H,6-8,11-12,20H2,1-3H3/t15?,16-/m1/s1. The Balaban J connectivity index is 2.04. The summed E-state index contributed by atoms with van der Waals surface area (Å²) in [6.07, 6.45) is 10.6. The van der Waals surface area contributed by atoms with Crippen LogP contribution in [-0.4, -0.2) is 42.3 Å². The Kier molecular flexibility index (Phi) is 4.58. The zero-order valence-electron chi connectivity index (χ0n) is 14.3. The normalized spacial score (nSPS) is 27.1. The Morgan fingerprint density at radius 1 is 1.48 bits per heavy atom. The van der Waals surface area contributed by atoms with Crippen molar-refractivity contribution in [2.24, 2.45) is 16.6 Å². The number of hydrogen-bond donors (Lipinski definition) is 1. The summed E-state index contributed by atoms with van der Waals surface area (Å²) in [7, 11) is 1.99. The van der Waals surface area contributed by atoms with Gasteiger partial charge in [-0.05, 0) is 26.7 Å². The lowest BCUT2D eigenvalue weighted by molar-refractivity contribution is 0.239. The van der Waals surface area contributed by atoms with Gasteiger partial charge in [-0.25, -0.2) is 4.99 Å². The molecular formula is C19H25N4. The second-order valence-electron chi connectivity index (χ2n) is 6.45. The highest BCUT2D eigenvalue weighted by molar-refractivity contribution is 5.68. The Labute approximate surface area is 139 Å². The molecule has 2 aliphatic heterocycles. The molecule has 0 spiro atoms. The van der Waals surface area contributed by atoms with E-state index in [9.17, 15) is 0 Å². The molecule has 1 unspecified atom stereocenters. The second kappa shape index (κ2) is 6.64. The minimum Gasteiger partial charge on any atom is -0.371 e. The van der Waals surface area contributed by atoms with Crippen molar-refractivity contribution in [2.75, 3.05) is 20.1 Å². The van der Waals surface area contributed by atoms with E-state index in [1.807, 2.05) is 18.9 Å². The number of nitrogens with two attached hydrogens (primary N) is 1. The van der Waals surface area contributed by atoms with E-state index in [1.165, 1.54) is 17.0 Å². The van der Waals surface area contributed by atoms with Crippen molar-refractivity contribution < 1.29 is 0 Å². The summed E-state index contributed by atoms with van der Waals surface area (Å²) in [5.74, 6) is 6.54. The van der Waals surface area contributed by atoms with Crippen LogP contribution in [0.4, 0.5) is 0 Å². The molecule has 2 N–H and O–H groups in total. The number of aliphatic imine (C=N–C) groups is 1. The fourth-order valence-electron chi connectivity index (χ4n) is 3.48. The molecule has 3 aliphatic rings. The van der Waals surface area contributed by atoms with Gasteiger partial charge in [-0.2, -0.15) is 0 Å². The number of nitrogens with zero attached hydrogens (tertiary/aromatic N) is 3. The van der Waals surface area contributed by atoms with Crippen molar-refractivity contribution in [1.82, 2.24) is 9.80 Å². The van der Waals surface area contributed by atoms with Gasteiger partial charge in [0.15, 0.2) is 6.34 Å². The van der Waals surface area contributed by atoms with E-state index in [0.717, 1.165) is 38.0 Å². The SMILES string of the molecule is CC#CCC1C=CC2=C(C)N(C)[C]=NC2=C1N1CCC[C@@H](N)C1. The average Bonchev–Trinajstić information content (AvgIpc) is 2.55. The van der Waals surface area contributed by atoms with Crippen molar-refractivity contribution in [1.29, 1.82) is 0 Å². The first kappa shape index (κ1) is 15.9. The largest absolute Gasteiger partial charge is 0.371 e. The topological polar surface area (TPSA) is 44.9 Å². The molecule has 2 atom stereocenters. The highest BCUT2D eigenvalue weighted by atomic mass is 15.2. The monoisotopic (exact) mass is 309 g/mol. The van der Waals surface area contributed by atoms with Crippen LogP contribution in [0, 0.1) is 17.8 Å². The fourth-order valence-corrected chi connectivity index (χ4v) is 3.48. The summed E-state index contributed by atoms with van der Waals surface area (Å²) >= 11 is 0. The van der Waals surface area contributed by atoms with Crippen molar-refractivity contribution in [3.05, 3.63) is 34.8 Å². The molecule has 0 aromatic carbocycles. The van der Waals surface area contributed by atoms with Crippen LogP contribution < -0.4 is 5.73 Å². The summed E-state index contributed by atoms with van der Waals surface area (Å²) in [5, 5.41) is 0. The molecule has 0 aromatic heterocycles. The van der Waals surface area contributed by atoms with Gasteiger partial charge in [0.05, 0.1) is 5.70 Å². The minimum atomic E-state index is 0.244. The molecule has 1 fully saturated rings. The Morgan fingerprint density at radius 3 is 3.04 bits per heavy atom. The number of hydrogen-bond acceptors (Lipinski definition) is 4. The van der Waals surface area contributed by atoms with Gasteiger partial charge in [-0.3, -0.25) is 0 Å². The third kappa shape index (κ3) is 3.07. The van der Waals surface area contributed by atoms with Crippen LogP contribution in [0.25, 0.3) is 0 Å². The van der Waals surface area contributed by atoms with Crippen molar-refractivity contribution >= 4 is 6.34 Å². The van der Waals surface area contributed by atoms with Crippen LogP contribution in [0.5, 0.6) is 0 Å². The van der Waals surface area contributed by atoms with Crippen molar-refractivity contribution in [3.8, 4) is 11.8 Å². The summed E-state index contributed by atoms with van der Waals surface area (Å²) < 4.78 is 0. The molecule has 23 heavy (non-hydrogen) atoms. The number of allylic oxidation sites excluding steroid dienone is 3. The summed E-state index contributed by atoms with van der Waals surface area (Å²) in [6, 6.07) is 0.244. The minimum absolute atomic E-state index is 0.244. The van der Waals surface area contributed by atoms with Crippen LogP contribution >= 0.6 is 0 Å². The molecule has 1 saturated heterocycles. The van der Waals surface area contributed by atoms with Gasteiger partial charge < -0.3 is 15.5 Å². The van der Waals surface area contributed by atoms with Crippen LogP contribution in [0.2, 0.25) is 0 Å². The number of likely N-dealkylation sites (tertiary alicyclic amines) is 1. The number of rotatable bonds is 2.